The molecule has 1 heterocycles. The Morgan fingerprint density at radius 2 is 1.92 bits per heavy atom. The summed E-state index contributed by atoms with van der Waals surface area (Å²) in [5, 5.41) is 10.2. The molecule has 0 aliphatic heterocycles. The average Bonchev–Trinajstić information content (AvgIpc) is 2.94. The van der Waals surface area contributed by atoms with Gasteiger partial charge in [0.15, 0.2) is 5.78 Å². The predicted octanol–water partition coefficient (Wildman–Crippen LogP) is 4.65. The highest BCUT2D eigenvalue weighted by Gasteiger charge is 2.27. The van der Waals surface area contributed by atoms with Gasteiger partial charge in [-0.15, -0.1) is 0 Å². The Morgan fingerprint density at radius 1 is 1.16 bits per heavy atom. The van der Waals surface area contributed by atoms with Gasteiger partial charge in [-0.3, -0.25) is 9.59 Å². The van der Waals surface area contributed by atoms with Gasteiger partial charge in [-0.25, -0.2) is 8.78 Å². The maximum Gasteiger partial charge on any atom is 0.311 e. The van der Waals surface area contributed by atoms with E-state index < -0.39 is 35.7 Å². The van der Waals surface area contributed by atoms with Crippen LogP contribution in [0, 0.1) is 11.6 Å². The SMILES string of the molecule is O=C(CC(C(=O)O)c1c[nH]c2ccc(Br)cc12)c1ccc(F)cc1F. The normalized spacial score (nSPS) is 12.3. The van der Waals surface area contributed by atoms with Gasteiger partial charge in [0, 0.05) is 34.1 Å². The summed E-state index contributed by atoms with van der Waals surface area (Å²) in [6.45, 7) is 0. The molecule has 1 atom stereocenters. The van der Waals surface area contributed by atoms with Crippen molar-refractivity contribution in [2.45, 2.75) is 12.3 Å². The Labute approximate surface area is 149 Å². The molecule has 7 heteroatoms. The number of carboxylic acids is 1. The summed E-state index contributed by atoms with van der Waals surface area (Å²) >= 11 is 3.33. The number of benzene rings is 2. The molecule has 3 rings (SSSR count). The Bertz CT molecular complexity index is 984. The lowest BCUT2D eigenvalue weighted by Gasteiger charge is -2.12. The molecule has 4 nitrogen and oxygen atoms in total. The number of carbonyl (C=O) groups excluding carboxylic acids is 1. The number of ketones is 1. The third-order valence-corrected chi connectivity index (χ3v) is 4.46. The molecule has 1 aromatic heterocycles. The highest BCUT2D eigenvalue weighted by atomic mass is 79.9. The van der Waals surface area contributed by atoms with E-state index in [1.165, 1.54) is 6.20 Å². The monoisotopic (exact) mass is 407 g/mol. The van der Waals surface area contributed by atoms with Gasteiger partial charge in [-0.1, -0.05) is 15.9 Å². The molecule has 0 aliphatic carbocycles. The van der Waals surface area contributed by atoms with E-state index in [9.17, 15) is 23.5 Å². The van der Waals surface area contributed by atoms with Crippen LogP contribution in [0.15, 0.2) is 47.1 Å². The van der Waals surface area contributed by atoms with Crippen LogP contribution in [0.4, 0.5) is 8.78 Å². The second kappa shape index (κ2) is 6.76. The molecule has 0 saturated heterocycles. The number of H-pyrrole nitrogens is 1. The van der Waals surface area contributed by atoms with E-state index in [1.807, 2.05) is 0 Å². The minimum absolute atomic E-state index is 0.325. The summed E-state index contributed by atoms with van der Waals surface area (Å²) < 4.78 is 27.5. The van der Waals surface area contributed by atoms with E-state index in [2.05, 4.69) is 20.9 Å². The number of aromatic amines is 1. The maximum absolute atomic E-state index is 13.8. The standard InChI is InChI=1S/C18H12BrF2NO3/c19-9-1-4-16-12(5-9)14(8-22-16)13(18(24)25)7-17(23)11-3-2-10(20)6-15(11)21/h1-6,8,13,22H,7H2,(H,24,25). The molecule has 1 unspecified atom stereocenters. The van der Waals surface area contributed by atoms with Gasteiger partial charge >= 0.3 is 5.97 Å². The number of rotatable bonds is 5. The third-order valence-electron chi connectivity index (χ3n) is 3.97. The first-order chi connectivity index (χ1) is 11.9. The molecule has 25 heavy (non-hydrogen) atoms. The molecule has 0 fully saturated rings. The number of nitrogens with one attached hydrogen (secondary N) is 1. The van der Waals surface area contributed by atoms with Gasteiger partial charge in [0.25, 0.3) is 0 Å². The molecule has 2 aromatic carbocycles. The van der Waals surface area contributed by atoms with Crippen molar-refractivity contribution in [2.75, 3.05) is 0 Å². The summed E-state index contributed by atoms with van der Waals surface area (Å²) in [6.07, 6.45) is 1.10. The molecule has 128 valence electrons. The smallest absolute Gasteiger partial charge is 0.311 e. The predicted molar refractivity (Wildman–Crippen MR) is 91.7 cm³/mol. The van der Waals surface area contributed by atoms with Crippen molar-refractivity contribution in [1.29, 1.82) is 0 Å². The molecule has 0 bridgehead atoms. The second-order valence-corrected chi connectivity index (χ2v) is 6.49. The lowest BCUT2D eigenvalue weighted by atomic mass is 9.91. The number of hydrogen-bond donors (Lipinski definition) is 2. The van der Waals surface area contributed by atoms with Crippen LogP contribution in [-0.2, 0) is 4.79 Å². The molecule has 0 saturated carbocycles. The van der Waals surface area contributed by atoms with Gasteiger partial charge in [0.2, 0.25) is 0 Å². The number of hydrogen-bond acceptors (Lipinski definition) is 2. The highest BCUT2D eigenvalue weighted by Crippen LogP contribution is 2.31. The van der Waals surface area contributed by atoms with Crippen LogP contribution < -0.4 is 0 Å². The number of fused-ring (bicyclic) bond motifs is 1. The van der Waals surface area contributed by atoms with E-state index >= 15 is 0 Å². The van der Waals surface area contributed by atoms with Crippen LogP contribution in [0.2, 0.25) is 0 Å². The summed E-state index contributed by atoms with van der Waals surface area (Å²) in [7, 11) is 0. The third kappa shape index (κ3) is 3.46. The molecular formula is C18H12BrF2NO3. The van der Waals surface area contributed by atoms with E-state index in [-0.39, 0.29) is 5.56 Å². The topological polar surface area (TPSA) is 70.2 Å². The number of aromatic nitrogens is 1. The van der Waals surface area contributed by atoms with Crippen molar-refractivity contribution in [3.05, 3.63) is 69.8 Å². The zero-order valence-corrected chi connectivity index (χ0v) is 14.3. The van der Waals surface area contributed by atoms with E-state index in [1.54, 1.807) is 18.2 Å². The van der Waals surface area contributed by atoms with Crippen LogP contribution in [0.1, 0.15) is 28.3 Å². The Balaban J connectivity index is 1.97. The van der Waals surface area contributed by atoms with E-state index in [4.69, 9.17) is 0 Å². The number of carboxylic acid groups (broad SMARTS) is 1. The number of aliphatic carboxylic acids is 1. The molecule has 3 aromatic rings. The van der Waals surface area contributed by atoms with Crippen LogP contribution in [-0.4, -0.2) is 21.8 Å². The summed E-state index contributed by atoms with van der Waals surface area (Å²) in [4.78, 5) is 27.0. The lowest BCUT2D eigenvalue weighted by Crippen LogP contribution is -2.17. The largest absolute Gasteiger partial charge is 0.481 e. The maximum atomic E-state index is 13.8. The van der Waals surface area contributed by atoms with Crippen LogP contribution in [0.25, 0.3) is 10.9 Å². The molecular weight excluding hydrogens is 396 g/mol. The fourth-order valence-corrected chi connectivity index (χ4v) is 3.11. The van der Waals surface area contributed by atoms with Crippen LogP contribution in [0.5, 0.6) is 0 Å². The van der Waals surface area contributed by atoms with Gasteiger partial charge in [0.1, 0.15) is 11.6 Å². The van der Waals surface area contributed by atoms with Crippen molar-refractivity contribution in [1.82, 2.24) is 4.98 Å². The van der Waals surface area contributed by atoms with Gasteiger partial charge < -0.3 is 10.1 Å². The highest BCUT2D eigenvalue weighted by molar-refractivity contribution is 9.10. The molecule has 0 aliphatic rings. The summed E-state index contributed by atoms with van der Waals surface area (Å²) in [6, 6.07) is 7.93. The van der Waals surface area contributed by atoms with E-state index in [0.29, 0.717) is 17.0 Å². The quantitative estimate of drug-likeness (QED) is 0.604. The van der Waals surface area contributed by atoms with Crippen molar-refractivity contribution < 1.29 is 23.5 Å². The van der Waals surface area contributed by atoms with Crippen LogP contribution >= 0.6 is 15.9 Å². The van der Waals surface area contributed by atoms with Crippen molar-refractivity contribution in [3.63, 3.8) is 0 Å². The number of Topliss-reactive ketones (excluding diaryl/α,β-unsaturated/α-hetero) is 1. The first-order valence-electron chi connectivity index (χ1n) is 7.34. The van der Waals surface area contributed by atoms with Crippen molar-refractivity contribution in [3.8, 4) is 0 Å². The molecule has 0 radical (unpaired) electrons. The summed E-state index contributed by atoms with van der Waals surface area (Å²) in [5.74, 6) is -4.85. The van der Waals surface area contributed by atoms with Gasteiger partial charge in [-0.05, 0) is 35.9 Å². The van der Waals surface area contributed by atoms with E-state index in [0.717, 1.165) is 22.1 Å². The van der Waals surface area contributed by atoms with Crippen molar-refractivity contribution in [2.24, 2.45) is 0 Å². The first-order valence-corrected chi connectivity index (χ1v) is 8.13. The minimum Gasteiger partial charge on any atom is -0.481 e. The van der Waals surface area contributed by atoms with Gasteiger partial charge in [-0.2, -0.15) is 0 Å². The second-order valence-electron chi connectivity index (χ2n) is 5.58. The zero-order valence-electron chi connectivity index (χ0n) is 12.7. The van der Waals surface area contributed by atoms with Gasteiger partial charge in [0.05, 0.1) is 11.5 Å². The Morgan fingerprint density at radius 3 is 2.60 bits per heavy atom. The Kier molecular flexibility index (Phi) is 4.67. The number of halogens is 3. The summed E-state index contributed by atoms with van der Waals surface area (Å²) in [5.41, 5.74) is 0.832. The Hall–Kier alpha value is -2.54. The number of carbonyl (C=O) groups is 2. The molecule has 0 amide bonds. The van der Waals surface area contributed by atoms with Crippen molar-refractivity contribution >= 4 is 38.6 Å². The fourth-order valence-electron chi connectivity index (χ4n) is 2.74. The first kappa shape index (κ1) is 17.3. The van der Waals surface area contributed by atoms with Crippen LogP contribution in [0.3, 0.4) is 0 Å². The average molecular weight is 408 g/mol. The zero-order chi connectivity index (χ0) is 18.1. The minimum atomic E-state index is -1.20. The lowest BCUT2D eigenvalue weighted by molar-refractivity contribution is -0.138. The molecule has 2 N–H and O–H groups in total. The molecule has 0 spiro atoms. The fraction of sp³-hybridized carbons (Fsp3) is 0.111.